The molecular formula is C16H20N2O2. The molecule has 4 nitrogen and oxygen atoms in total. The van der Waals surface area contributed by atoms with E-state index in [1.54, 1.807) is 0 Å². The zero-order valence-electron chi connectivity index (χ0n) is 11.6. The van der Waals surface area contributed by atoms with E-state index in [4.69, 9.17) is 4.52 Å². The lowest BCUT2D eigenvalue weighted by Crippen LogP contribution is -2.34. The first-order chi connectivity index (χ1) is 9.81. The zero-order valence-corrected chi connectivity index (χ0v) is 11.6. The molecule has 106 valence electrons. The van der Waals surface area contributed by atoms with Crippen LogP contribution in [-0.4, -0.2) is 17.1 Å². The van der Waals surface area contributed by atoms with Gasteiger partial charge in [-0.25, -0.2) is 0 Å². The second kappa shape index (κ2) is 6.07. The van der Waals surface area contributed by atoms with E-state index in [9.17, 15) is 4.79 Å². The number of nitrogens with one attached hydrogen (secondary N) is 1. The largest absolute Gasteiger partial charge is 0.361 e. The highest BCUT2D eigenvalue weighted by molar-refractivity contribution is 5.76. The molecule has 0 bridgehead atoms. The number of hydrogen-bond acceptors (Lipinski definition) is 3. The fourth-order valence-electron chi connectivity index (χ4n) is 2.79. The molecule has 2 aliphatic rings. The maximum atomic E-state index is 11.6. The van der Waals surface area contributed by atoms with E-state index < -0.39 is 0 Å². The Hall–Kier alpha value is -1.84. The number of carbonyl (C=O) groups is 1. The molecule has 1 aromatic rings. The average molecular weight is 272 g/mol. The molecule has 1 aliphatic heterocycles. The van der Waals surface area contributed by atoms with Crippen LogP contribution in [0.1, 0.15) is 50.0 Å². The van der Waals surface area contributed by atoms with Gasteiger partial charge in [0.1, 0.15) is 11.5 Å². The predicted molar refractivity (Wildman–Crippen MR) is 77.0 cm³/mol. The molecule has 0 spiro atoms. The van der Waals surface area contributed by atoms with Crippen LogP contribution in [0.5, 0.6) is 0 Å². The molecule has 2 heterocycles. The molecule has 0 radical (unpaired) electrons. The van der Waals surface area contributed by atoms with Crippen LogP contribution in [0.15, 0.2) is 28.8 Å². The molecule has 1 saturated heterocycles. The van der Waals surface area contributed by atoms with Gasteiger partial charge >= 0.3 is 0 Å². The lowest BCUT2D eigenvalue weighted by molar-refractivity contribution is -0.121. The van der Waals surface area contributed by atoms with E-state index in [2.05, 4.69) is 28.7 Å². The summed E-state index contributed by atoms with van der Waals surface area (Å²) in [5.74, 6) is 1.01. The van der Waals surface area contributed by atoms with E-state index in [1.807, 2.05) is 6.07 Å². The third kappa shape index (κ3) is 3.18. The van der Waals surface area contributed by atoms with Gasteiger partial charge in [0.25, 0.3) is 0 Å². The summed E-state index contributed by atoms with van der Waals surface area (Å²) in [6.45, 7) is 0. The highest BCUT2D eigenvalue weighted by atomic mass is 16.5. The van der Waals surface area contributed by atoms with Gasteiger partial charge in [0, 0.05) is 24.9 Å². The lowest BCUT2D eigenvalue weighted by Gasteiger charge is -2.13. The molecule has 1 fully saturated rings. The summed E-state index contributed by atoms with van der Waals surface area (Å²) in [5, 5.41) is 7.20. The van der Waals surface area contributed by atoms with Gasteiger partial charge < -0.3 is 9.84 Å². The predicted octanol–water partition coefficient (Wildman–Crippen LogP) is 3.01. The molecule has 1 unspecified atom stereocenters. The van der Waals surface area contributed by atoms with E-state index in [1.165, 1.54) is 0 Å². The Labute approximate surface area is 118 Å². The van der Waals surface area contributed by atoms with Crippen molar-refractivity contribution in [2.24, 2.45) is 0 Å². The summed E-state index contributed by atoms with van der Waals surface area (Å²) < 4.78 is 5.42. The van der Waals surface area contributed by atoms with Gasteiger partial charge in [-0.1, -0.05) is 29.8 Å². The molecule has 1 atom stereocenters. The Morgan fingerprint density at radius 2 is 2.30 bits per heavy atom. The van der Waals surface area contributed by atoms with Crippen molar-refractivity contribution in [1.29, 1.82) is 0 Å². The molecule has 1 N–H and O–H groups in total. The number of allylic oxidation sites excluding steroid dienone is 4. The summed E-state index contributed by atoms with van der Waals surface area (Å²) >= 11 is 0. The summed E-state index contributed by atoms with van der Waals surface area (Å²) in [5.41, 5.74) is 2.03. The first-order valence-corrected chi connectivity index (χ1v) is 7.43. The van der Waals surface area contributed by atoms with Gasteiger partial charge in [-0.2, -0.15) is 0 Å². The Kier molecular flexibility index (Phi) is 4.00. The van der Waals surface area contributed by atoms with Gasteiger partial charge in [0.2, 0.25) is 5.91 Å². The summed E-state index contributed by atoms with van der Waals surface area (Å²) in [7, 11) is 0. The quantitative estimate of drug-likeness (QED) is 0.920. The third-order valence-corrected chi connectivity index (χ3v) is 3.87. The second-order valence-corrected chi connectivity index (χ2v) is 5.53. The van der Waals surface area contributed by atoms with Crippen LogP contribution in [0.4, 0.5) is 0 Å². The molecule has 1 amide bonds. The van der Waals surface area contributed by atoms with E-state index in [0.29, 0.717) is 6.42 Å². The fraction of sp³-hybridized carbons (Fsp3) is 0.500. The van der Waals surface area contributed by atoms with Crippen molar-refractivity contribution in [2.45, 2.75) is 51.0 Å². The molecule has 3 rings (SSSR count). The SMILES string of the molecule is O=C1CCCCC(Cc2cc(C3=CCCC=C3)no2)N1. The smallest absolute Gasteiger partial charge is 0.220 e. The third-order valence-electron chi connectivity index (χ3n) is 3.87. The van der Waals surface area contributed by atoms with Crippen molar-refractivity contribution in [2.75, 3.05) is 0 Å². The van der Waals surface area contributed by atoms with Crippen LogP contribution in [-0.2, 0) is 11.2 Å². The number of aromatic nitrogens is 1. The Morgan fingerprint density at radius 1 is 1.35 bits per heavy atom. The molecule has 1 aromatic heterocycles. The van der Waals surface area contributed by atoms with Crippen LogP contribution < -0.4 is 5.32 Å². The highest BCUT2D eigenvalue weighted by Crippen LogP contribution is 2.22. The topological polar surface area (TPSA) is 55.1 Å². The summed E-state index contributed by atoms with van der Waals surface area (Å²) in [6, 6.07) is 2.18. The molecule has 20 heavy (non-hydrogen) atoms. The summed E-state index contributed by atoms with van der Waals surface area (Å²) in [4.78, 5) is 11.6. The zero-order chi connectivity index (χ0) is 13.8. The monoisotopic (exact) mass is 272 g/mol. The van der Waals surface area contributed by atoms with Crippen LogP contribution in [0.25, 0.3) is 5.57 Å². The lowest BCUT2D eigenvalue weighted by atomic mass is 10.0. The highest BCUT2D eigenvalue weighted by Gasteiger charge is 2.19. The van der Waals surface area contributed by atoms with E-state index in [0.717, 1.165) is 55.6 Å². The maximum Gasteiger partial charge on any atom is 0.220 e. The minimum atomic E-state index is 0.158. The molecule has 4 heteroatoms. The number of carbonyl (C=O) groups excluding carboxylic acids is 1. The number of hydrogen-bond donors (Lipinski definition) is 1. The molecular weight excluding hydrogens is 252 g/mol. The number of rotatable bonds is 3. The van der Waals surface area contributed by atoms with Gasteiger partial charge in [-0.05, 0) is 31.3 Å². The van der Waals surface area contributed by atoms with Crippen molar-refractivity contribution in [3.63, 3.8) is 0 Å². The fourth-order valence-corrected chi connectivity index (χ4v) is 2.79. The number of nitrogens with zero attached hydrogens (tertiary/aromatic N) is 1. The van der Waals surface area contributed by atoms with Gasteiger partial charge in [-0.3, -0.25) is 4.79 Å². The molecule has 1 aliphatic carbocycles. The second-order valence-electron chi connectivity index (χ2n) is 5.53. The van der Waals surface area contributed by atoms with Crippen molar-refractivity contribution in [3.05, 3.63) is 35.7 Å². The van der Waals surface area contributed by atoms with E-state index >= 15 is 0 Å². The van der Waals surface area contributed by atoms with E-state index in [-0.39, 0.29) is 11.9 Å². The van der Waals surface area contributed by atoms with Gasteiger partial charge in [-0.15, -0.1) is 0 Å². The molecule has 0 saturated carbocycles. The average Bonchev–Trinajstić information content (AvgIpc) is 2.83. The van der Waals surface area contributed by atoms with Crippen molar-refractivity contribution < 1.29 is 9.32 Å². The summed E-state index contributed by atoms with van der Waals surface area (Å²) in [6.07, 6.45) is 13.1. The Morgan fingerprint density at radius 3 is 3.15 bits per heavy atom. The van der Waals surface area contributed by atoms with Crippen LogP contribution in [0.3, 0.4) is 0 Å². The van der Waals surface area contributed by atoms with Crippen molar-refractivity contribution >= 4 is 11.5 Å². The van der Waals surface area contributed by atoms with Crippen molar-refractivity contribution in [3.8, 4) is 0 Å². The van der Waals surface area contributed by atoms with Crippen molar-refractivity contribution in [1.82, 2.24) is 10.5 Å². The molecule has 0 aromatic carbocycles. The minimum absolute atomic E-state index is 0.158. The Bertz CT molecular complexity index is 542. The minimum Gasteiger partial charge on any atom is -0.361 e. The first kappa shape index (κ1) is 13.2. The standard InChI is InChI=1S/C16H20N2O2/c19-16-9-5-4-8-13(17-16)10-14-11-15(18-20-14)12-6-2-1-3-7-12/h2,6-7,11,13H,1,3-5,8-10H2,(H,17,19). The Balaban J connectivity index is 1.66. The van der Waals surface area contributed by atoms with Crippen LogP contribution >= 0.6 is 0 Å². The normalized spacial score (nSPS) is 23.1. The van der Waals surface area contributed by atoms with Gasteiger partial charge in [0.15, 0.2) is 0 Å². The first-order valence-electron chi connectivity index (χ1n) is 7.43. The van der Waals surface area contributed by atoms with Crippen LogP contribution in [0, 0.1) is 0 Å². The van der Waals surface area contributed by atoms with Gasteiger partial charge in [0.05, 0.1) is 0 Å². The number of amides is 1. The van der Waals surface area contributed by atoms with Crippen LogP contribution in [0.2, 0.25) is 0 Å². The maximum absolute atomic E-state index is 11.6.